The molecule has 13 heavy (non-hydrogen) atoms. The molecule has 0 bridgehead atoms. The fourth-order valence-corrected chi connectivity index (χ4v) is 2.43. The smallest absolute Gasteiger partial charge is 0.0390 e. The number of fused-ring (bicyclic) bond motifs is 1. The number of hydrogen-bond donors (Lipinski definition) is 1. The van der Waals surface area contributed by atoms with Gasteiger partial charge in [-0.15, -0.1) is 11.3 Å². The molecule has 2 N–H and O–H groups in total. The summed E-state index contributed by atoms with van der Waals surface area (Å²) in [5, 5.41) is 1.28. The van der Waals surface area contributed by atoms with E-state index in [4.69, 9.17) is 5.73 Å². The number of benzene rings is 1. The number of thiophene rings is 1. The van der Waals surface area contributed by atoms with E-state index < -0.39 is 0 Å². The number of hydrogen-bond acceptors (Lipinski definition) is 2. The van der Waals surface area contributed by atoms with Gasteiger partial charge in [-0.3, -0.25) is 0 Å². The molecule has 2 heteroatoms. The van der Waals surface area contributed by atoms with Crippen LogP contribution in [0.15, 0.2) is 30.3 Å². The first-order valence-corrected chi connectivity index (χ1v) is 5.16. The van der Waals surface area contributed by atoms with Crippen LogP contribution in [-0.4, -0.2) is 0 Å². The van der Waals surface area contributed by atoms with Gasteiger partial charge in [-0.25, -0.2) is 0 Å². The molecule has 0 aliphatic heterocycles. The Kier molecular flexibility index (Phi) is 2.34. The third-order valence-corrected chi connectivity index (χ3v) is 3.37. The third-order valence-electron chi connectivity index (χ3n) is 2.12. The maximum Gasteiger partial charge on any atom is 0.0390 e. The van der Waals surface area contributed by atoms with E-state index in [2.05, 4.69) is 37.3 Å². The predicted molar refractivity (Wildman–Crippen MR) is 58.7 cm³/mol. The molecule has 1 atom stereocenters. The average molecular weight is 190 g/mol. The van der Waals surface area contributed by atoms with E-state index in [1.54, 1.807) is 11.3 Å². The summed E-state index contributed by atoms with van der Waals surface area (Å²) in [5.41, 5.74) is 5.91. The van der Waals surface area contributed by atoms with Crippen molar-refractivity contribution in [1.82, 2.24) is 0 Å². The largest absolute Gasteiger partial charge is 0.323 e. The molecule has 0 amide bonds. The number of rotatable bonds is 2. The van der Waals surface area contributed by atoms with Crippen molar-refractivity contribution >= 4 is 21.4 Å². The molecule has 0 aliphatic rings. The Balaban J connectivity index is 2.49. The molecular weight excluding hydrogens is 178 g/mol. The molecule has 1 aromatic carbocycles. The summed E-state index contributed by atoms with van der Waals surface area (Å²) in [6, 6.07) is 10.6. The van der Waals surface area contributed by atoms with E-state index in [-0.39, 0.29) is 6.04 Å². The molecule has 0 aliphatic carbocycles. The van der Waals surface area contributed by atoms with Gasteiger partial charge in [0.1, 0.15) is 0 Å². The minimum Gasteiger partial charge on any atom is -0.323 e. The summed E-state index contributed by atoms with van der Waals surface area (Å²) in [6.07, 6.45) is 0.757. The zero-order valence-corrected chi connectivity index (χ0v) is 8.18. The van der Waals surface area contributed by atoms with Crippen molar-refractivity contribution in [2.45, 2.75) is 12.5 Å². The SMILES string of the molecule is [CH2]CC(N)c1cc2ccccc2s1. The summed E-state index contributed by atoms with van der Waals surface area (Å²) < 4.78 is 1.31. The zero-order chi connectivity index (χ0) is 9.26. The molecule has 2 rings (SSSR count). The maximum absolute atomic E-state index is 5.91. The van der Waals surface area contributed by atoms with E-state index >= 15 is 0 Å². The highest BCUT2D eigenvalue weighted by molar-refractivity contribution is 7.19. The summed E-state index contributed by atoms with van der Waals surface area (Å²) in [7, 11) is 0. The standard InChI is InChI=1S/C11H12NS/c1-2-9(12)11-7-8-5-3-4-6-10(8)13-11/h3-7,9H,1-2,12H2. The molecule has 0 saturated heterocycles. The Morgan fingerprint density at radius 3 is 2.85 bits per heavy atom. The second-order valence-corrected chi connectivity index (χ2v) is 4.20. The fraction of sp³-hybridized carbons (Fsp3) is 0.182. The minimum atomic E-state index is 0.0948. The Bertz CT molecular complexity index is 372. The van der Waals surface area contributed by atoms with Crippen LogP contribution in [0.1, 0.15) is 17.3 Å². The summed E-state index contributed by atoms with van der Waals surface area (Å²) in [4.78, 5) is 1.23. The summed E-state index contributed by atoms with van der Waals surface area (Å²) in [5.74, 6) is 0. The maximum atomic E-state index is 5.91. The molecule has 0 spiro atoms. The van der Waals surface area contributed by atoms with E-state index in [1.807, 2.05) is 0 Å². The first-order chi connectivity index (χ1) is 6.31. The van der Waals surface area contributed by atoms with Gasteiger partial charge in [-0.2, -0.15) is 0 Å². The molecule has 1 nitrogen and oxygen atoms in total. The van der Waals surface area contributed by atoms with E-state index in [1.165, 1.54) is 15.0 Å². The lowest BCUT2D eigenvalue weighted by molar-refractivity contribution is 0.755. The van der Waals surface area contributed by atoms with Crippen LogP contribution in [0.25, 0.3) is 10.1 Å². The van der Waals surface area contributed by atoms with E-state index in [0.717, 1.165) is 6.42 Å². The molecule has 1 radical (unpaired) electrons. The molecule has 1 unspecified atom stereocenters. The van der Waals surface area contributed by atoms with Crippen LogP contribution in [0.4, 0.5) is 0 Å². The van der Waals surface area contributed by atoms with Gasteiger partial charge in [0.05, 0.1) is 0 Å². The molecule has 1 heterocycles. The van der Waals surface area contributed by atoms with Crippen molar-refractivity contribution in [2.24, 2.45) is 5.73 Å². The topological polar surface area (TPSA) is 26.0 Å². The lowest BCUT2D eigenvalue weighted by atomic mass is 10.2. The molecule has 1 aromatic heterocycles. The van der Waals surface area contributed by atoms with Gasteiger partial charge in [0.15, 0.2) is 0 Å². The van der Waals surface area contributed by atoms with Crippen molar-refractivity contribution in [3.63, 3.8) is 0 Å². The molecule has 0 saturated carbocycles. The van der Waals surface area contributed by atoms with Crippen LogP contribution >= 0.6 is 11.3 Å². The van der Waals surface area contributed by atoms with Crippen LogP contribution in [0, 0.1) is 6.92 Å². The van der Waals surface area contributed by atoms with Gasteiger partial charge < -0.3 is 5.73 Å². The third kappa shape index (κ3) is 1.60. The molecule has 0 fully saturated rings. The molecular formula is C11H12NS. The second kappa shape index (κ2) is 3.48. The zero-order valence-electron chi connectivity index (χ0n) is 7.36. The van der Waals surface area contributed by atoms with Crippen molar-refractivity contribution in [3.8, 4) is 0 Å². The van der Waals surface area contributed by atoms with Crippen LogP contribution in [-0.2, 0) is 0 Å². The minimum absolute atomic E-state index is 0.0948. The summed E-state index contributed by atoms with van der Waals surface area (Å²) in [6.45, 7) is 3.81. The lowest BCUT2D eigenvalue weighted by Crippen LogP contribution is -2.05. The van der Waals surface area contributed by atoms with Crippen LogP contribution in [0.2, 0.25) is 0 Å². The van der Waals surface area contributed by atoms with Gasteiger partial charge in [0.2, 0.25) is 0 Å². The quantitative estimate of drug-likeness (QED) is 0.773. The van der Waals surface area contributed by atoms with E-state index in [0.29, 0.717) is 0 Å². The Morgan fingerprint density at radius 2 is 2.15 bits per heavy atom. The van der Waals surface area contributed by atoms with Crippen LogP contribution in [0.5, 0.6) is 0 Å². The Hall–Kier alpha value is -0.860. The Morgan fingerprint density at radius 1 is 1.38 bits per heavy atom. The van der Waals surface area contributed by atoms with Crippen molar-refractivity contribution in [2.75, 3.05) is 0 Å². The average Bonchev–Trinajstić information content (AvgIpc) is 2.59. The van der Waals surface area contributed by atoms with Gasteiger partial charge in [-0.1, -0.05) is 25.1 Å². The second-order valence-electron chi connectivity index (χ2n) is 3.08. The van der Waals surface area contributed by atoms with Crippen LogP contribution in [0.3, 0.4) is 0 Å². The van der Waals surface area contributed by atoms with Gasteiger partial charge in [0, 0.05) is 15.6 Å². The van der Waals surface area contributed by atoms with E-state index in [9.17, 15) is 0 Å². The normalized spacial score (nSPS) is 13.4. The lowest BCUT2D eigenvalue weighted by Gasteiger charge is -2.02. The highest BCUT2D eigenvalue weighted by Gasteiger charge is 2.06. The van der Waals surface area contributed by atoms with Gasteiger partial charge >= 0.3 is 0 Å². The Labute approximate surface area is 82.2 Å². The molecule has 67 valence electrons. The van der Waals surface area contributed by atoms with Crippen LogP contribution < -0.4 is 5.73 Å². The first kappa shape index (κ1) is 8.73. The number of nitrogens with two attached hydrogens (primary N) is 1. The fourth-order valence-electron chi connectivity index (χ4n) is 1.33. The van der Waals surface area contributed by atoms with Crippen molar-refractivity contribution < 1.29 is 0 Å². The van der Waals surface area contributed by atoms with Gasteiger partial charge in [-0.05, 0) is 23.9 Å². The summed E-state index contributed by atoms with van der Waals surface area (Å²) >= 11 is 1.76. The highest BCUT2D eigenvalue weighted by atomic mass is 32.1. The predicted octanol–water partition coefficient (Wildman–Crippen LogP) is 3.13. The molecule has 2 aromatic rings. The first-order valence-electron chi connectivity index (χ1n) is 4.34. The van der Waals surface area contributed by atoms with Crippen molar-refractivity contribution in [3.05, 3.63) is 42.1 Å². The van der Waals surface area contributed by atoms with Gasteiger partial charge in [0.25, 0.3) is 0 Å². The monoisotopic (exact) mass is 190 g/mol. The highest BCUT2D eigenvalue weighted by Crippen LogP contribution is 2.29. The van der Waals surface area contributed by atoms with Crippen molar-refractivity contribution in [1.29, 1.82) is 0 Å².